The van der Waals surface area contributed by atoms with E-state index < -0.39 is 0 Å². The molecule has 0 unspecified atom stereocenters. The second-order valence-electron chi connectivity index (χ2n) is 6.64. The molecule has 0 saturated heterocycles. The van der Waals surface area contributed by atoms with E-state index in [1.54, 1.807) is 11.3 Å². The predicted octanol–water partition coefficient (Wildman–Crippen LogP) is 5.25. The van der Waals surface area contributed by atoms with E-state index in [1.165, 1.54) is 40.4 Å². The van der Waals surface area contributed by atoms with Crippen LogP contribution in [0.3, 0.4) is 0 Å². The number of ketones is 1. The molecule has 27 heavy (non-hydrogen) atoms. The van der Waals surface area contributed by atoms with Crippen molar-refractivity contribution in [1.82, 2.24) is 9.97 Å². The lowest BCUT2D eigenvalue weighted by Crippen LogP contribution is -2.04. The lowest BCUT2D eigenvalue weighted by Gasteiger charge is -2.11. The Morgan fingerprint density at radius 2 is 1.96 bits per heavy atom. The average molecular weight is 399 g/mol. The Labute approximate surface area is 167 Å². The van der Waals surface area contributed by atoms with E-state index in [-0.39, 0.29) is 5.78 Å². The molecule has 1 aliphatic carbocycles. The number of thioether (sulfide) groups is 1. The molecule has 0 radical (unpaired) electrons. The number of hydrogen-bond donors (Lipinski definition) is 0. The Hall–Kier alpha value is -1.92. The van der Waals surface area contributed by atoms with Crippen molar-refractivity contribution in [1.29, 1.82) is 0 Å². The van der Waals surface area contributed by atoms with E-state index in [4.69, 9.17) is 4.74 Å². The van der Waals surface area contributed by atoms with E-state index in [2.05, 4.69) is 9.97 Å². The molecule has 6 heteroatoms. The van der Waals surface area contributed by atoms with E-state index in [0.29, 0.717) is 17.9 Å². The van der Waals surface area contributed by atoms with Crippen LogP contribution in [0.15, 0.2) is 29.3 Å². The van der Waals surface area contributed by atoms with E-state index in [9.17, 15) is 4.79 Å². The van der Waals surface area contributed by atoms with Crippen LogP contribution in [0.2, 0.25) is 0 Å². The molecule has 0 aliphatic heterocycles. The van der Waals surface area contributed by atoms with Gasteiger partial charge in [-0.1, -0.05) is 11.8 Å². The van der Waals surface area contributed by atoms with Crippen molar-refractivity contribution in [2.45, 2.75) is 44.6 Å². The molecule has 1 aliphatic rings. The van der Waals surface area contributed by atoms with Crippen molar-refractivity contribution in [3.63, 3.8) is 0 Å². The number of nitrogens with zero attached hydrogens (tertiary/aromatic N) is 2. The minimum Gasteiger partial charge on any atom is -0.494 e. The summed E-state index contributed by atoms with van der Waals surface area (Å²) in [6.07, 6.45) is 4.72. The van der Waals surface area contributed by atoms with Gasteiger partial charge in [-0.05, 0) is 69.4 Å². The summed E-state index contributed by atoms with van der Waals surface area (Å²) in [4.78, 5) is 24.5. The molecule has 0 saturated carbocycles. The zero-order valence-corrected chi connectivity index (χ0v) is 17.2. The number of Topliss-reactive ketones (excluding diaryl/α,β-unsaturated/α-hetero) is 1. The van der Waals surface area contributed by atoms with Crippen LogP contribution >= 0.6 is 23.1 Å². The van der Waals surface area contributed by atoms with Gasteiger partial charge in [-0.3, -0.25) is 4.79 Å². The van der Waals surface area contributed by atoms with Gasteiger partial charge < -0.3 is 4.74 Å². The van der Waals surface area contributed by atoms with Crippen LogP contribution in [-0.4, -0.2) is 28.1 Å². The zero-order valence-electron chi connectivity index (χ0n) is 15.6. The second kappa shape index (κ2) is 7.98. The number of carbonyl (C=O) groups excluding carboxylic acids is 1. The fourth-order valence-electron chi connectivity index (χ4n) is 3.45. The van der Waals surface area contributed by atoms with Gasteiger partial charge in [0.1, 0.15) is 21.4 Å². The summed E-state index contributed by atoms with van der Waals surface area (Å²) in [7, 11) is 0. The van der Waals surface area contributed by atoms with Gasteiger partial charge in [0.25, 0.3) is 0 Å². The summed E-state index contributed by atoms with van der Waals surface area (Å²) in [6.45, 7) is 4.50. The van der Waals surface area contributed by atoms with Crippen LogP contribution in [0.25, 0.3) is 10.2 Å². The summed E-state index contributed by atoms with van der Waals surface area (Å²) >= 11 is 3.34. The number of aromatic nitrogens is 2. The van der Waals surface area contributed by atoms with Gasteiger partial charge in [-0.15, -0.1) is 11.3 Å². The molecule has 2 aromatic heterocycles. The number of hydrogen-bond acceptors (Lipinski definition) is 6. The number of aryl methyl sites for hydroxylation is 3. The molecule has 0 fully saturated rings. The fraction of sp³-hybridized carbons (Fsp3) is 0.381. The largest absolute Gasteiger partial charge is 0.494 e. The van der Waals surface area contributed by atoms with E-state index in [0.717, 1.165) is 34.3 Å². The first-order valence-corrected chi connectivity index (χ1v) is 11.1. The van der Waals surface area contributed by atoms with E-state index >= 15 is 0 Å². The van der Waals surface area contributed by atoms with Crippen molar-refractivity contribution in [3.05, 3.63) is 46.1 Å². The van der Waals surface area contributed by atoms with Gasteiger partial charge >= 0.3 is 0 Å². The van der Waals surface area contributed by atoms with Crippen LogP contribution in [-0.2, 0) is 12.8 Å². The number of benzene rings is 1. The van der Waals surface area contributed by atoms with Gasteiger partial charge in [0, 0.05) is 15.8 Å². The predicted molar refractivity (Wildman–Crippen MR) is 111 cm³/mol. The van der Waals surface area contributed by atoms with Gasteiger partial charge in [-0.25, -0.2) is 9.97 Å². The quantitative estimate of drug-likeness (QED) is 0.322. The Bertz CT molecular complexity index is 980. The topological polar surface area (TPSA) is 52.1 Å². The monoisotopic (exact) mass is 398 g/mol. The maximum atomic E-state index is 12.6. The van der Waals surface area contributed by atoms with Crippen molar-refractivity contribution in [3.8, 4) is 5.75 Å². The lowest BCUT2D eigenvalue weighted by molar-refractivity contribution is 0.102. The highest BCUT2D eigenvalue weighted by atomic mass is 32.2. The third-order valence-corrected chi connectivity index (χ3v) is 6.88. The number of fused-ring (bicyclic) bond motifs is 3. The molecule has 0 N–H and O–H groups in total. The molecular formula is C21H22N2O2S2. The fourth-order valence-corrected chi connectivity index (χ4v) is 5.82. The van der Waals surface area contributed by atoms with Crippen LogP contribution in [0.5, 0.6) is 5.75 Å². The molecule has 0 atom stereocenters. The maximum Gasteiger partial charge on any atom is 0.173 e. The highest BCUT2D eigenvalue weighted by molar-refractivity contribution is 8.00. The Morgan fingerprint density at radius 3 is 2.74 bits per heavy atom. The van der Waals surface area contributed by atoms with Crippen LogP contribution in [0.1, 0.15) is 46.4 Å². The van der Waals surface area contributed by atoms with Crippen molar-refractivity contribution < 1.29 is 9.53 Å². The third-order valence-electron chi connectivity index (χ3n) is 4.72. The smallest absolute Gasteiger partial charge is 0.173 e. The molecule has 4 nitrogen and oxygen atoms in total. The molecular weight excluding hydrogens is 376 g/mol. The first-order valence-electron chi connectivity index (χ1n) is 9.33. The van der Waals surface area contributed by atoms with E-state index in [1.807, 2.05) is 38.1 Å². The van der Waals surface area contributed by atoms with Gasteiger partial charge in [0.2, 0.25) is 0 Å². The molecule has 4 rings (SSSR count). The van der Waals surface area contributed by atoms with Crippen LogP contribution < -0.4 is 4.74 Å². The summed E-state index contributed by atoms with van der Waals surface area (Å²) in [6, 6.07) is 7.37. The summed E-state index contributed by atoms with van der Waals surface area (Å²) < 4.78 is 5.44. The summed E-state index contributed by atoms with van der Waals surface area (Å²) in [5, 5.41) is 2.14. The Kier molecular flexibility index (Phi) is 5.45. The number of ether oxygens (including phenoxy) is 1. The van der Waals surface area contributed by atoms with Crippen molar-refractivity contribution in [2.75, 3.05) is 12.4 Å². The first kappa shape index (κ1) is 18.4. The summed E-state index contributed by atoms with van der Waals surface area (Å²) in [5.41, 5.74) is 2.12. The second-order valence-corrected chi connectivity index (χ2v) is 8.68. The maximum absolute atomic E-state index is 12.6. The lowest BCUT2D eigenvalue weighted by atomic mass is 9.97. The normalized spacial score (nSPS) is 13.6. The number of rotatable bonds is 6. The third kappa shape index (κ3) is 3.87. The first-order chi connectivity index (χ1) is 13.2. The van der Waals surface area contributed by atoms with Gasteiger partial charge in [-0.2, -0.15) is 0 Å². The van der Waals surface area contributed by atoms with Crippen molar-refractivity contribution >= 4 is 39.1 Å². The number of thiophene rings is 1. The highest BCUT2D eigenvalue weighted by Gasteiger charge is 2.21. The molecule has 3 aromatic rings. The molecule has 1 aromatic carbocycles. The standard InChI is InChI=1S/C21H22N2O2S2/c1-3-25-15-10-8-14(9-11-15)17(24)12-26-20-19-16-6-4-5-7-18(16)27-21(19)23-13(2)22-20/h8-11H,3-7,12H2,1-2H3. The SMILES string of the molecule is CCOc1ccc(C(=O)CSc2nc(C)nc3sc4c(c23)CCCC4)cc1. The molecule has 0 bridgehead atoms. The molecule has 140 valence electrons. The Balaban J connectivity index is 1.56. The molecule has 0 spiro atoms. The minimum atomic E-state index is 0.108. The highest BCUT2D eigenvalue weighted by Crippen LogP contribution is 2.39. The molecule has 0 amide bonds. The minimum absolute atomic E-state index is 0.108. The number of carbonyl (C=O) groups is 1. The van der Waals surface area contributed by atoms with Crippen LogP contribution in [0.4, 0.5) is 0 Å². The van der Waals surface area contributed by atoms with Crippen LogP contribution in [0, 0.1) is 6.92 Å². The molecule has 2 heterocycles. The van der Waals surface area contributed by atoms with Crippen molar-refractivity contribution in [2.24, 2.45) is 0 Å². The Morgan fingerprint density at radius 1 is 1.19 bits per heavy atom. The summed E-state index contributed by atoms with van der Waals surface area (Å²) in [5.74, 6) is 2.05. The zero-order chi connectivity index (χ0) is 18.8. The van der Waals surface area contributed by atoms with Gasteiger partial charge in [0.05, 0.1) is 12.4 Å². The average Bonchev–Trinajstić information content (AvgIpc) is 3.04. The van der Waals surface area contributed by atoms with Gasteiger partial charge in [0.15, 0.2) is 5.78 Å².